The summed E-state index contributed by atoms with van der Waals surface area (Å²) in [7, 11) is 2.96. The van der Waals surface area contributed by atoms with E-state index in [9.17, 15) is 4.79 Å². The number of nitrogens with one attached hydrogen (secondary N) is 1. The third-order valence-electron chi connectivity index (χ3n) is 2.62. The van der Waals surface area contributed by atoms with Crippen molar-refractivity contribution in [1.29, 1.82) is 0 Å². The molecule has 100 valence electrons. The highest BCUT2D eigenvalue weighted by Gasteiger charge is 2.11. The zero-order valence-electron chi connectivity index (χ0n) is 10.6. The molecule has 0 amide bonds. The molecule has 2 rings (SSSR count). The molecule has 0 bridgehead atoms. The second-order valence-corrected chi connectivity index (χ2v) is 4.76. The van der Waals surface area contributed by atoms with Gasteiger partial charge < -0.3 is 14.5 Å². The molecule has 0 radical (unpaired) electrons. The Labute approximate surface area is 119 Å². The van der Waals surface area contributed by atoms with Crippen LogP contribution in [0.2, 0.25) is 0 Å². The first-order chi connectivity index (χ1) is 9.13. The predicted molar refractivity (Wildman–Crippen MR) is 74.0 cm³/mol. The van der Waals surface area contributed by atoms with Crippen LogP contribution in [-0.4, -0.2) is 30.2 Å². The number of rotatable bonds is 4. The van der Waals surface area contributed by atoms with Crippen molar-refractivity contribution in [1.82, 2.24) is 9.97 Å². The van der Waals surface area contributed by atoms with E-state index in [0.717, 1.165) is 21.5 Å². The quantitative estimate of drug-likeness (QED) is 0.878. The number of hydrogen-bond acceptors (Lipinski definition) is 4. The minimum absolute atomic E-state index is 0.118. The highest BCUT2D eigenvalue weighted by molar-refractivity contribution is 9.10. The second kappa shape index (κ2) is 5.88. The molecule has 0 unspecified atom stereocenters. The van der Waals surface area contributed by atoms with Gasteiger partial charge in [0.25, 0.3) is 0 Å². The zero-order chi connectivity index (χ0) is 13.8. The highest BCUT2D eigenvalue weighted by Crippen LogP contribution is 2.31. The van der Waals surface area contributed by atoms with Crippen LogP contribution in [0.1, 0.15) is 5.82 Å². The van der Waals surface area contributed by atoms with E-state index in [1.54, 1.807) is 13.3 Å². The lowest BCUT2D eigenvalue weighted by molar-refractivity contribution is -0.139. The Morgan fingerprint density at radius 1 is 1.42 bits per heavy atom. The molecule has 1 heterocycles. The third-order valence-corrected chi connectivity index (χ3v) is 3.11. The minimum atomic E-state index is -0.331. The normalized spacial score (nSPS) is 10.3. The van der Waals surface area contributed by atoms with Crippen LogP contribution in [0.5, 0.6) is 5.75 Å². The van der Waals surface area contributed by atoms with E-state index in [4.69, 9.17) is 4.74 Å². The van der Waals surface area contributed by atoms with Crippen LogP contribution in [0.25, 0.3) is 11.3 Å². The molecule has 0 aliphatic rings. The van der Waals surface area contributed by atoms with Crippen molar-refractivity contribution in [3.05, 3.63) is 34.7 Å². The van der Waals surface area contributed by atoms with Crippen LogP contribution < -0.4 is 4.74 Å². The van der Waals surface area contributed by atoms with E-state index in [0.29, 0.717) is 5.82 Å². The molecule has 19 heavy (non-hydrogen) atoms. The maximum Gasteiger partial charge on any atom is 0.313 e. The highest BCUT2D eigenvalue weighted by atomic mass is 79.9. The minimum Gasteiger partial charge on any atom is -0.496 e. The van der Waals surface area contributed by atoms with Gasteiger partial charge in [-0.3, -0.25) is 4.79 Å². The topological polar surface area (TPSA) is 64.2 Å². The number of esters is 1. The maximum atomic E-state index is 11.2. The molecule has 0 fully saturated rings. The smallest absolute Gasteiger partial charge is 0.313 e. The Bertz CT molecular complexity index is 595. The summed E-state index contributed by atoms with van der Waals surface area (Å²) in [5, 5.41) is 0. The maximum absolute atomic E-state index is 11.2. The number of benzene rings is 1. The SMILES string of the molecule is COC(=O)Cc1ncc(-c2cc(Br)ccc2OC)[nH]1. The molecule has 2 aromatic rings. The predicted octanol–water partition coefficient (Wildman–Crippen LogP) is 2.56. The molecule has 0 atom stereocenters. The van der Waals surface area contributed by atoms with Crippen molar-refractivity contribution in [3.8, 4) is 17.0 Å². The van der Waals surface area contributed by atoms with Crippen molar-refractivity contribution in [2.24, 2.45) is 0 Å². The number of ether oxygens (including phenoxy) is 2. The molecular formula is C13H13BrN2O3. The Kier molecular flexibility index (Phi) is 4.21. The van der Waals surface area contributed by atoms with E-state index in [1.165, 1.54) is 7.11 Å². The van der Waals surface area contributed by atoms with Gasteiger partial charge in [-0.25, -0.2) is 4.98 Å². The summed E-state index contributed by atoms with van der Waals surface area (Å²) in [5.74, 6) is 0.961. The van der Waals surface area contributed by atoms with Gasteiger partial charge in [0.2, 0.25) is 0 Å². The van der Waals surface area contributed by atoms with Gasteiger partial charge in [-0.05, 0) is 18.2 Å². The number of hydrogen-bond donors (Lipinski definition) is 1. The van der Waals surface area contributed by atoms with Crippen molar-refractivity contribution >= 4 is 21.9 Å². The number of aromatic nitrogens is 2. The molecule has 1 aromatic carbocycles. The van der Waals surface area contributed by atoms with E-state index in [1.807, 2.05) is 18.2 Å². The molecule has 0 saturated heterocycles. The van der Waals surface area contributed by atoms with Crippen LogP contribution in [0, 0.1) is 0 Å². The number of carbonyl (C=O) groups is 1. The molecule has 5 nitrogen and oxygen atoms in total. The van der Waals surface area contributed by atoms with Gasteiger partial charge in [0, 0.05) is 10.0 Å². The van der Waals surface area contributed by atoms with Gasteiger partial charge in [-0.1, -0.05) is 15.9 Å². The largest absolute Gasteiger partial charge is 0.496 e. The Morgan fingerprint density at radius 2 is 2.21 bits per heavy atom. The second-order valence-electron chi connectivity index (χ2n) is 3.84. The van der Waals surface area contributed by atoms with Crippen molar-refractivity contribution in [2.45, 2.75) is 6.42 Å². The first-order valence-corrected chi connectivity index (χ1v) is 6.38. The number of methoxy groups -OCH3 is 2. The van der Waals surface area contributed by atoms with E-state index in [-0.39, 0.29) is 12.4 Å². The molecule has 0 saturated carbocycles. The van der Waals surface area contributed by atoms with E-state index < -0.39 is 0 Å². The fourth-order valence-electron chi connectivity index (χ4n) is 1.69. The van der Waals surface area contributed by atoms with Gasteiger partial charge >= 0.3 is 5.97 Å². The van der Waals surface area contributed by atoms with Gasteiger partial charge in [0.1, 0.15) is 18.0 Å². The van der Waals surface area contributed by atoms with Crippen LogP contribution in [0.15, 0.2) is 28.9 Å². The number of aromatic amines is 1. The fourth-order valence-corrected chi connectivity index (χ4v) is 2.05. The first-order valence-electron chi connectivity index (χ1n) is 5.58. The van der Waals surface area contributed by atoms with Crippen LogP contribution in [0.4, 0.5) is 0 Å². The first kappa shape index (κ1) is 13.6. The Hall–Kier alpha value is -1.82. The van der Waals surface area contributed by atoms with Gasteiger partial charge in [0.15, 0.2) is 0 Å². The number of halogens is 1. The molecule has 0 aliphatic carbocycles. The number of H-pyrrole nitrogens is 1. The zero-order valence-corrected chi connectivity index (χ0v) is 12.2. The monoisotopic (exact) mass is 324 g/mol. The molecule has 0 aliphatic heterocycles. The summed E-state index contributed by atoms with van der Waals surface area (Å²) in [5.41, 5.74) is 1.66. The lowest BCUT2D eigenvalue weighted by Crippen LogP contribution is -2.05. The van der Waals surface area contributed by atoms with Crippen molar-refractivity contribution in [2.75, 3.05) is 14.2 Å². The lowest BCUT2D eigenvalue weighted by atomic mass is 10.1. The summed E-state index contributed by atoms with van der Waals surface area (Å²) in [6.07, 6.45) is 1.79. The van der Waals surface area contributed by atoms with Crippen molar-refractivity contribution < 1.29 is 14.3 Å². The summed E-state index contributed by atoms with van der Waals surface area (Å²) in [4.78, 5) is 18.4. The lowest BCUT2D eigenvalue weighted by Gasteiger charge is -2.06. The van der Waals surface area contributed by atoms with Crippen molar-refractivity contribution in [3.63, 3.8) is 0 Å². The summed E-state index contributed by atoms with van der Waals surface area (Å²) >= 11 is 3.42. The molecular weight excluding hydrogens is 312 g/mol. The summed E-state index contributed by atoms with van der Waals surface area (Å²) in [6.45, 7) is 0. The summed E-state index contributed by atoms with van der Waals surface area (Å²) in [6, 6.07) is 5.68. The average molecular weight is 325 g/mol. The number of carbonyl (C=O) groups excluding carboxylic acids is 1. The van der Waals surface area contributed by atoms with Gasteiger partial charge in [-0.2, -0.15) is 0 Å². The summed E-state index contributed by atoms with van der Waals surface area (Å²) < 4.78 is 10.8. The number of nitrogens with zero attached hydrogens (tertiary/aromatic N) is 1. The standard InChI is InChI=1S/C13H13BrN2O3/c1-18-11-4-3-8(14)5-9(11)10-7-15-12(16-10)6-13(17)19-2/h3-5,7H,6H2,1-2H3,(H,15,16). The molecule has 1 aromatic heterocycles. The fraction of sp³-hybridized carbons (Fsp3) is 0.231. The Balaban J connectivity index is 2.32. The Morgan fingerprint density at radius 3 is 2.89 bits per heavy atom. The van der Waals surface area contributed by atoms with E-state index in [2.05, 4.69) is 30.6 Å². The van der Waals surface area contributed by atoms with Crippen LogP contribution in [0.3, 0.4) is 0 Å². The third kappa shape index (κ3) is 3.14. The average Bonchev–Trinajstić information content (AvgIpc) is 2.86. The van der Waals surface area contributed by atoms with Gasteiger partial charge in [0.05, 0.1) is 26.1 Å². The van der Waals surface area contributed by atoms with E-state index >= 15 is 0 Å². The van der Waals surface area contributed by atoms with Crippen LogP contribution in [-0.2, 0) is 16.0 Å². The number of imidazole rings is 1. The molecule has 0 spiro atoms. The van der Waals surface area contributed by atoms with Crippen LogP contribution >= 0.6 is 15.9 Å². The molecule has 1 N–H and O–H groups in total. The van der Waals surface area contributed by atoms with Gasteiger partial charge in [-0.15, -0.1) is 0 Å². The molecule has 6 heteroatoms.